The first-order chi connectivity index (χ1) is 14.2. The van der Waals surface area contributed by atoms with Crippen molar-refractivity contribution in [2.24, 2.45) is 5.73 Å². The largest absolute Gasteiger partial charge is 0.405 e. The Kier molecular flexibility index (Phi) is 4.60. The number of amides is 2. The second kappa shape index (κ2) is 7.01. The highest BCUT2D eigenvalue weighted by Crippen LogP contribution is 2.40. The number of alkyl halides is 3. The summed E-state index contributed by atoms with van der Waals surface area (Å²) in [6.07, 6.45) is 2.51. The first-order valence-electron chi connectivity index (χ1n) is 9.02. The fourth-order valence-corrected chi connectivity index (χ4v) is 3.19. The summed E-state index contributed by atoms with van der Waals surface area (Å²) < 4.78 is 37.2. The predicted molar refractivity (Wildman–Crippen MR) is 102 cm³/mol. The van der Waals surface area contributed by atoms with E-state index in [1.54, 1.807) is 24.5 Å². The third-order valence-electron chi connectivity index (χ3n) is 4.88. The minimum absolute atomic E-state index is 0.254. The van der Waals surface area contributed by atoms with E-state index in [-0.39, 0.29) is 5.56 Å². The number of aromatic nitrogens is 3. The SMILES string of the molecule is NC(=O)c1cnc2[nH]cc(-c3cncc(NC4(C(=O)NCC(F)(F)F)CC4)c3)c2c1. The average Bonchev–Trinajstić information content (AvgIpc) is 3.34. The van der Waals surface area contributed by atoms with Gasteiger partial charge in [0.25, 0.3) is 0 Å². The molecule has 11 heteroatoms. The molecule has 0 aliphatic heterocycles. The van der Waals surface area contributed by atoms with Crippen LogP contribution in [0.1, 0.15) is 23.2 Å². The zero-order chi connectivity index (χ0) is 21.5. The number of nitrogens with zero attached hydrogens (tertiary/aromatic N) is 2. The van der Waals surface area contributed by atoms with Crippen LogP contribution < -0.4 is 16.4 Å². The van der Waals surface area contributed by atoms with Crippen LogP contribution in [0.4, 0.5) is 18.9 Å². The lowest BCUT2D eigenvalue weighted by molar-refractivity contribution is -0.139. The van der Waals surface area contributed by atoms with Gasteiger partial charge in [0.2, 0.25) is 11.8 Å². The zero-order valence-corrected chi connectivity index (χ0v) is 15.5. The van der Waals surface area contributed by atoms with Crippen LogP contribution in [0.25, 0.3) is 22.2 Å². The van der Waals surface area contributed by atoms with Gasteiger partial charge in [0.15, 0.2) is 0 Å². The second-order valence-electron chi connectivity index (χ2n) is 7.15. The number of aromatic amines is 1. The molecule has 0 bridgehead atoms. The number of H-pyrrole nitrogens is 1. The molecular formula is C19H17F3N6O2. The van der Waals surface area contributed by atoms with Crippen molar-refractivity contribution in [3.05, 3.63) is 42.5 Å². The highest BCUT2D eigenvalue weighted by Gasteiger charge is 2.50. The molecule has 3 heterocycles. The molecule has 0 radical (unpaired) electrons. The van der Waals surface area contributed by atoms with Gasteiger partial charge in [0.1, 0.15) is 17.7 Å². The normalized spacial score (nSPS) is 15.0. The van der Waals surface area contributed by atoms with Crippen molar-refractivity contribution >= 4 is 28.5 Å². The number of anilines is 1. The van der Waals surface area contributed by atoms with Crippen LogP contribution in [0.3, 0.4) is 0 Å². The van der Waals surface area contributed by atoms with Gasteiger partial charge in [-0.15, -0.1) is 0 Å². The lowest BCUT2D eigenvalue weighted by atomic mass is 10.1. The lowest BCUT2D eigenvalue weighted by Gasteiger charge is -2.19. The van der Waals surface area contributed by atoms with Crippen LogP contribution >= 0.6 is 0 Å². The van der Waals surface area contributed by atoms with E-state index in [2.05, 4.69) is 20.3 Å². The van der Waals surface area contributed by atoms with Gasteiger partial charge in [-0.2, -0.15) is 13.2 Å². The number of carbonyl (C=O) groups excluding carboxylic acids is 2. The quantitative estimate of drug-likeness (QED) is 0.489. The van der Waals surface area contributed by atoms with Gasteiger partial charge in [-0.1, -0.05) is 0 Å². The molecule has 3 aromatic rings. The third-order valence-corrected chi connectivity index (χ3v) is 4.88. The molecule has 0 saturated heterocycles. The molecule has 156 valence electrons. The van der Waals surface area contributed by atoms with Crippen LogP contribution in [0, 0.1) is 0 Å². The predicted octanol–water partition coefficient (Wildman–Crippen LogP) is 2.35. The van der Waals surface area contributed by atoms with Gasteiger partial charge < -0.3 is 21.4 Å². The Labute approximate surface area is 168 Å². The van der Waals surface area contributed by atoms with Crippen LogP contribution in [0.2, 0.25) is 0 Å². The van der Waals surface area contributed by atoms with E-state index in [1.807, 2.05) is 5.32 Å². The molecule has 1 aliphatic carbocycles. The van der Waals surface area contributed by atoms with Crippen LogP contribution in [-0.2, 0) is 4.79 Å². The number of pyridine rings is 2. The van der Waals surface area contributed by atoms with Gasteiger partial charge in [-0.3, -0.25) is 14.6 Å². The van der Waals surface area contributed by atoms with Crippen molar-refractivity contribution in [1.82, 2.24) is 20.3 Å². The number of nitrogens with two attached hydrogens (primary N) is 1. The van der Waals surface area contributed by atoms with E-state index in [0.717, 1.165) is 0 Å². The molecule has 0 aromatic carbocycles. The number of rotatable bonds is 6. The molecule has 5 N–H and O–H groups in total. The van der Waals surface area contributed by atoms with Crippen molar-refractivity contribution in [2.75, 3.05) is 11.9 Å². The maximum Gasteiger partial charge on any atom is 0.405 e. The van der Waals surface area contributed by atoms with Gasteiger partial charge in [0, 0.05) is 35.1 Å². The van der Waals surface area contributed by atoms with Gasteiger partial charge >= 0.3 is 6.18 Å². The maximum absolute atomic E-state index is 12.4. The summed E-state index contributed by atoms with van der Waals surface area (Å²) in [5, 5.41) is 5.59. The standard InChI is InChI=1S/C19H17F3N6O2/c20-19(21,22)9-27-17(30)18(1-2-18)28-12-3-10(5-24-7-12)14-8-26-16-13(14)4-11(6-25-16)15(23)29/h3-8,28H,1-2,9H2,(H2,23,29)(H,25,26)(H,27,30). The van der Waals surface area contributed by atoms with Crippen molar-refractivity contribution in [2.45, 2.75) is 24.6 Å². The van der Waals surface area contributed by atoms with E-state index in [9.17, 15) is 22.8 Å². The van der Waals surface area contributed by atoms with E-state index < -0.39 is 30.1 Å². The minimum Gasteiger partial charge on any atom is -0.370 e. The number of carbonyl (C=O) groups is 2. The highest BCUT2D eigenvalue weighted by molar-refractivity contribution is 6.00. The molecule has 0 spiro atoms. The van der Waals surface area contributed by atoms with E-state index in [1.165, 1.54) is 12.4 Å². The Balaban J connectivity index is 1.58. The Bertz CT molecular complexity index is 1140. The number of primary amides is 1. The summed E-state index contributed by atoms with van der Waals surface area (Å²) >= 11 is 0. The molecule has 8 nitrogen and oxygen atoms in total. The minimum atomic E-state index is -4.47. The average molecular weight is 418 g/mol. The topological polar surface area (TPSA) is 126 Å². The molecule has 1 aliphatic rings. The molecule has 1 fully saturated rings. The molecule has 3 aromatic heterocycles. The molecule has 4 rings (SSSR count). The fourth-order valence-electron chi connectivity index (χ4n) is 3.19. The monoisotopic (exact) mass is 418 g/mol. The summed E-state index contributed by atoms with van der Waals surface area (Å²) in [6.45, 7) is -1.38. The smallest absolute Gasteiger partial charge is 0.370 e. The summed E-state index contributed by atoms with van der Waals surface area (Å²) in [5.41, 5.74) is 6.92. The number of halogens is 3. The molecular weight excluding hydrogens is 401 g/mol. The number of fused-ring (bicyclic) bond motifs is 1. The highest BCUT2D eigenvalue weighted by atomic mass is 19.4. The van der Waals surface area contributed by atoms with Crippen LogP contribution in [0.5, 0.6) is 0 Å². The first kappa shape index (κ1) is 19.7. The second-order valence-corrected chi connectivity index (χ2v) is 7.15. The third kappa shape index (κ3) is 3.91. The molecule has 30 heavy (non-hydrogen) atoms. The van der Waals surface area contributed by atoms with Crippen LogP contribution in [-0.4, -0.2) is 45.0 Å². The molecule has 2 amide bonds. The van der Waals surface area contributed by atoms with Crippen molar-refractivity contribution in [1.29, 1.82) is 0 Å². The number of hydrogen-bond donors (Lipinski definition) is 4. The Morgan fingerprint density at radius 3 is 2.63 bits per heavy atom. The summed E-state index contributed by atoms with van der Waals surface area (Å²) in [6, 6.07) is 3.34. The van der Waals surface area contributed by atoms with Crippen molar-refractivity contribution in [3.63, 3.8) is 0 Å². The molecule has 0 unspecified atom stereocenters. The van der Waals surface area contributed by atoms with Gasteiger partial charge in [-0.25, -0.2) is 4.98 Å². The van der Waals surface area contributed by atoms with E-state index in [0.29, 0.717) is 40.7 Å². The van der Waals surface area contributed by atoms with Crippen LogP contribution in [0.15, 0.2) is 36.9 Å². The zero-order valence-electron chi connectivity index (χ0n) is 15.5. The summed E-state index contributed by atoms with van der Waals surface area (Å²) in [4.78, 5) is 35.0. The van der Waals surface area contributed by atoms with Crippen molar-refractivity contribution < 1.29 is 22.8 Å². The number of hydrogen-bond acceptors (Lipinski definition) is 5. The van der Waals surface area contributed by atoms with E-state index >= 15 is 0 Å². The summed E-state index contributed by atoms with van der Waals surface area (Å²) in [5.74, 6) is -1.31. The lowest BCUT2D eigenvalue weighted by Crippen LogP contribution is -2.45. The van der Waals surface area contributed by atoms with E-state index in [4.69, 9.17) is 5.73 Å². The Morgan fingerprint density at radius 2 is 1.97 bits per heavy atom. The maximum atomic E-state index is 12.4. The van der Waals surface area contributed by atoms with Gasteiger partial charge in [-0.05, 0) is 25.0 Å². The number of nitrogens with one attached hydrogen (secondary N) is 3. The molecule has 0 atom stereocenters. The molecule has 1 saturated carbocycles. The Hall–Kier alpha value is -3.63. The first-order valence-corrected chi connectivity index (χ1v) is 9.02. The Morgan fingerprint density at radius 1 is 1.20 bits per heavy atom. The van der Waals surface area contributed by atoms with Crippen molar-refractivity contribution in [3.8, 4) is 11.1 Å². The fraction of sp³-hybridized carbons (Fsp3) is 0.263. The van der Waals surface area contributed by atoms with Gasteiger partial charge in [0.05, 0.1) is 17.4 Å². The summed E-state index contributed by atoms with van der Waals surface area (Å²) in [7, 11) is 0.